The van der Waals surface area contributed by atoms with Crippen LogP contribution in [0.5, 0.6) is 0 Å². The minimum absolute atomic E-state index is 0.421. The van der Waals surface area contributed by atoms with Crippen LogP contribution in [-0.4, -0.2) is 5.78 Å². The summed E-state index contributed by atoms with van der Waals surface area (Å²) in [7, 11) is 0. The molecule has 0 N–H and O–H groups in total. The summed E-state index contributed by atoms with van der Waals surface area (Å²) in [6.45, 7) is 6.93. The fraction of sp³-hybridized carbons (Fsp3) is 0.917. The van der Waals surface area contributed by atoms with E-state index in [9.17, 15) is 4.79 Å². The van der Waals surface area contributed by atoms with Crippen molar-refractivity contribution in [2.45, 2.75) is 40.0 Å². The highest BCUT2D eigenvalue weighted by molar-refractivity contribution is 5.91. The molecular weight excluding hydrogens is 160 g/mol. The van der Waals surface area contributed by atoms with E-state index in [1.165, 1.54) is 19.3 Å². The van der Waals surface area contributed by atoms with Gasteiger partial charge in [0.2, 0.25) is 0 Å². The zero-order valence-corrected chi connectivity index (χ0v) is 8.76. The van der Waals surface area contributed by atoms with Gasteiger partial charge in [-0.25, -0.2) is 0 Å². The summed E-state index contributed by atoms with van der Waals surface area (Å²) in [6, 6.07) is 0. The van der Waals surface area contributed by atoms with Crippen LogP contribution in [0.25, 0.3) is 0 Å². The maximum atomic E-state index is 11.9. The second-order valence-corrected chi connectivity index (χ2v) is 6.16. The van der Waals surface area contributed by atoms with Gasteiger partial charge in [-0.2, -0.15) is 0 Å². The van der Waals surface area contributed by atoms with E-state index in [1.54, 1.807) is 0 Å². The molecule has 1 nitrogen and oxygen atoms in total. The van der Waals surface area contributed by atoms with Gasteiger partial charge in [0.15, 0.2) is 0 Å². The van der Waals surface area contributed by atoms with Gasteiger partial charge in [0, 0.05) is 11.8 Å². The zero-order chi connectivity index (χ0) is 9.43. The molecule has 4 atom stereocenters. The number of Topliss-reactive ketones (excluding diaryl/α,β-unsaturated/α-hetero) is 1. The van der Waals surface area contributed by atoms with E-state index in [2.05, 4.69) is 20.8 Å². The third-order valence-corrected chi connectivity index (χ3v) is 5.18. The molecule has 0 spiro atoms. The molecule has 0 aliphatic heterocycles. The highest BCUT2D eigenvalue weighted by atomic mass is 16.1. The van der Waals surface area contributed by atoms with E-state index >= 15 is 0 Å². The molecule has 0 amide bonds. The van der Waals surface area contributed by atoms with Gasteiger partial charge in [0.25, 0.3) is 0 Å². The number of ketones is 1. The van der Waals surface area contributed by atoms with Crippen molar-refractivity contribution in [2.24, 2.45) is 28.6 Å². The van der Waals surface area contributed by atoms with Gasteiger partial charge in [0.05, 0.1) is 0 Å². The summed E-state index contributed by atoms with van der Waals surface area (Å²) >= 11 is 0. The second kappa shape index (κ2) is 1.87. The quantitative estimate of drug-likeness (QED) is 0.603. The normalized spacial score (nSPS) is 57.4. The summed E-state index contributed by atoms with van der Waals surface area (Å²) in [6.07, 6.45) is 3.74. The molecule has 0 radical (unpaired) electrons. The molecule has 3 fully saturated rings. The minimum atomic E-state index is 0.421. The first-order valence-electron chi connectivity index (χ1n) is 5.53. The molecule has 72 valence electrons. The van der Waals surface area contributed by atoms with Gasteiger partial charge in [-0.1, -0.05) is 20.8 Å². The maximum absolute atomic E-state index is 11.9. The Bertz CT molecular complexity index is 293. The Balaban J connectivity index is 2.05. The SMILES string of the molecule is CC(C)C12CC3CC(C)(C1)C2C3=O. The highest BCUT2D eigenvalue weighted by Gasteiger charge is 2.75. The topological polar surface area (TPSA) is 17.1 Å². The van der Waals surface area contributed by atoms with Crippen LogP contribution >= 0.6 is 0 Å². The molecule has 2 bridgehead atoms. The summed E-state index contributed by atoms with van der Waals surface area (Å²) in [4.78, 5) is 11.9. The van der Waals surface area contributed by atoms with E-state index in [1.807, 2.05) is 0 Å². The largest absolute Gasteiger partial charge is 0.299 e. The van der Waals surface area contributed by atoms with Gasteiger partial charge in [-0.3, -0.25) is 4.79 Å². The lowest BCUT2D eigenvalue weighted by molar-refractivity contribution is -0.153. The van der Waals surface area contributed by atoms with Crippen molar-refractivity contribution < 1.29 is 4.79 Å². The zero-order valence-electron chi connectivity index (χ0n) is 8.76. The molecule has 3 saturated carbocycles. The van der Waals surface area contributed by atoms with Crippen molar-refractivity contribution in [1.29, 1.82) is 0 Å². The molecule has 3 aliphatic rings. The standard InChI is InChI=1S/C12H18O/c1-7(2)12-5-8-4-11(3,6-12)10(12)9(8)13/h7-8,10H,4-6H2,1-3H3. The molecule has 13 heavy (non-hydrogen) atoms. The number of carbonyl (C=O) groups excluding carboxylic acids is 1. The van der Waals surface area contributed by atoms with Crippen LogP contribution in [-0.2, 0) is 4.79 Å². The molecule has 4 unspecified atom stereocenters. The number of rotatable bonds is 1. The Kier molecular flexibility index (Phi) is 1.15. The maximum Gasteiger partial charge on any atom is 0.140 e. The lowest BCUT2D eigenvalue weighted by Crippen LogP contribution is -2.56. The molecule has 0 aromatic heterocycles. The van der Waals surface area contributed by atoms with E-state index in [-0.39, 0.29) is 0 Å². The molecule has 0 aromatic carbocycles. The number of hydrogen-bond acceptors (Lipinski definition) is 1. The molecule has 1 heteroatoms. The van der Waals surface area contributed by atoms with E-state index in [0.717, 1.165) is 0 Å². The third kappa shape index (κ3) is 0.628. The molecule has 0 aromatic rings. The molecular formula is C12H18O. The van der Waals surface area contributed by atoms with Gasteiger partial charge in [0.1, 0.15) is 5.78 Å². The van der Waals surface area contributed by atoms with Crippen molar-refractivity contribution in [3.05, 3.63) is 0 Å². The predicted octanol–water partition coefficient (Wildman–Crippen LogP) is 2.65. The molecule has 3 rings (SSSR count). The van der Waals surface area contributed by atoms with Crippen molar-refractivity contribution >= 4 is 5.78 Å². The Morgan fingerprint density at radius 2 is 2.08 bits per heavy atom. The average molecular weight is 178 g/mol. The summed E-state index contributed by atoms with van der Waals surface area (Å²) in [5.41, 5.74) is 0.860. The van der Waals surface area contributed by atoms with Crippen LogP contribution < -0.4 is 0 Å². The Hall–Kier alpha value is -0.330. The summed E-state index contributed by atoms with van der Waals surface area (Å²) < 4.78 is 0. The Morgan fingerprint density at radius 1 is 1.38 bits per heavy atom. The lowest BCUT2D eigenvalue weighted by Gasteiger charge is -2.61. The average Bonchev–Trinajstić information content (AvgIpc) is 2.32. The summed E-state index contributed by atoms with van der Waals surface area (Å²) in [5, 5.41) is 0. The van der Waals surface area contributed by atoms with Crippen molar-refractivity contribution in [3.63, 3.8) is 0 Å². The van der Waals surface area contributed by atoms with E-state index in [0.29, 0.717) is 34.4 Å². The molecule has 0 saturated heterocycles. The first-order valence-corrected chi connectivity index (χ1v) is 5.53. The lowest BCUT2D eigenvalue weighted by atomic mass is 9.42. The van der Waals surface area contributed by atoms with E-state index in [4.69, 9.17) is 0 Å². The smallest absolute Gasteiger partial charge is 0.140 e. The van der Waals surface area contributed by atoms with Crippen LogP contribution in [0.2, 0.25) is 0 Å². The van der Waals surface area contributed by atoms with Crippen molar-refractivity contribution in [3.8, 4) is 0 Å². The highest BCUT2D eigenvalue weighted by Crippen LogP contribution is 2.77. The van der Waals surface area contributed by atoms with Gasteiger partial charge in [-0.15, -0.1) is 0 Å². The van der Waals surface area contributed by atoms with Gasteiger partial charge in [-0.05, 0) is 36.0 Å². The van der Waals surface area contributed by atoms with Crippen LogP contribution in [0.4, 0.5) is 0 Å². The Morgan fingerprint density at radius 3 is 2.46 bits per heavy atom. The predicted molar refractivity (Wildman–Crippen MR) is 51.2 cm³/mol. The number of carbonyl (C=O) groups is 1. The van der Waals surface area contributed by atoms with Gasteiger partial charge >= 0.3 is 0 Å². The fourth-order valence-electron chi connectivity index (χ4n) is 4.83. The van der Waals surface area contributed by atoms with E-state index < -0.39 is 0 Å². The first-order chi connectivity index (χ1) is 6.00. The van der Waals surface area contributed by atoms with Crippen LogP contribution in [0.1, 0.15) is 40.0 Å². The van der Waals surface area contributed by atoms with Crippen LogP contribution in [0.15, 0.2) is 0 Å². The fourth-order valence-corrected chi connectivity index (χ4v) is 4.83. The molecule has 0 heterocycles. The first kappa shape index (κ1) is 8.02. The van der Waals surface area contributed by atoms with Crippen LogP contribution in [0.3, 0.4) is 0 Å². The summed E-state index contributed by atoms with van der Waals surface area (Å²) in [5.74, 6) is 2.22. The third-order valence-electron chi connectivity index (χ3n) is 5.18. The van der Waals surface area contributed by atoms with Crippen molar-refractivity contribution in [2.75, 3.05) is 0 Å². The van der Waals surface area contributed by atoms with Crippen molar-refractivity contribution in [1.82, 2.24) is 0 Å². The Labute approximate surface area is 79.9 Å². The number of hydrogen-bond donors (Lipinski definition) is 0. The monoisotopic (exact) mass is 178 g/mol. The van der Waals surface area contributed by atoms with Crippen LogP contribution in [0, 0.1) is 28.6 Å². The minimum Gasteiger partial charge on any atom is -0.299 e. The van der Waals surface area contributed by atoms with Gasteiger partial charge < -0.3 is 0 Å². The molecule has 3 aliphatic carbocycles. The second-order valence-electron chi connectivity index (χ2n) is 6.16. The number of fused-ring (bicyclic) bond motifs is 1.